The maximum atomic E-state index is 12.6. The van der Waals surface area contributed by atoms with Crippen molar-refractivity contribution in [1.82, 2.24) is 46.6 Å². The molecule has 0 aliphatic heterocycles. The van der Waals surface area contributed by atoms with E-state index >= 15 is 0 Å². The van der Waals surface area contributed by atoms with Gasteiger partial charge in [-0.15, -0.1) is 10.2 Å². The number of carboxylic acids is 2. The van der Waals surface area contributed by atoms with Crippen molar-refractivity contribution in [1.29, 1.82) is 0 Å². The number of carbonyl (C=O) groups is 10. The van der Waals surface area contributed by atoms with Crippen molar-refractivity contribution in [2.24, 2.45) is 11.7 Å². The smallest absolute Gasteiger partial charge is 0.326 e. The summed E-state index contributed by atoms with van der Waals surface area (Å²) in [7, 11) is -3.89. The highest BCUT2D eigenvalue weighted by Crippen LogP contribution is 2.16. The Kier molecular flexibility index (Phi) is 45.4. The van der Waals surface area contributed by atoms with Gasteiger partial charge in [-0.3, -0.25) is 47.9 Å². The number of tetrazole rings is 1. The number of unbranched alkanes of at least 4 members (excludes halogenated alkanes) is 14. The molecule has 0 saturated heterocycles. The topological polar surface area (TPSA) is 435 Å². The Morgan fingerprint density at radius 1 is 0.543 bits per heavy atom. The van der Waals surface area contributed by atoms with E-state index in [1.807, 2.05) is 12.1 Å². The molecule has 92 heavy (non-hydrogen) atoms. The summed E-state index contributed by atoms with van der Waals surface area (Å²) in [5, 5.41) is 46.9. The number of hydrogen-bond donors (Lipinski definition) is 10. The average molecular weight is 1320 g/mol. The van der Waals surface area contributed by atoms with Crippen LogP contribution in [0.25, 0.3) is 0 Å². The summed E-state index contributed by atoms with van der Waals surface area (Å²) in [5.74, 6) is -7.67. The number of ketones is 2. The number of ether oxygens (including phenoxy) is 4. The van der Waals surface area contributed by atoms with E-state index in [9.17, 15) is 66.6 Å². The number of sulfonamides is 1. The van der Waals surface area contributed by atoms with Crippen LogP contribution in [0.3, 0.4) is 0 Å². The van der Waals surface area contributed by atoms with Crippen LogP contribution in [0, 0.1) is 5.92 Å². The average Bonchev–Trinajstić information content (AvgIpc) is 1.83. The van der Waals surface area contributed by atoms with Crippen molar-refractivity contribution in [3.05, 3.63) is 35.7 Å². The fourth-order valence-corrected chi connectivity index (χ4v) is 10.4. The third-order valence-electron chi connectivity index (χ3n) is 14.6. The number of amides is 6. The van der Waals surface area contributed by atoms with Crippen molar-refractivity contribution in [2.75, 3.05) is 83.6 Å². The third kappa shape index (κ3) is 43.7. The van der Waals surface area contributed by atoms with Gasteiger partial charge >= 0.3 is 11.9 Å². The number of aromatic nitrogens is 4. The van der Waals surface area contributed by atoms with E-state index in [0.717, 1.165) is 69.4 Å². The molecule has 0 aliphatic carbocycles. The van der Waals surface area contributed by atoms with Gasteiger partial charge in [0.1, 0.15) is 31.1 Å². The molecule has 2 rings (SSSR count). The number of rotatable bonds is 61. The summed E-state index contributed by atoms with van der Waals surface area (Å²) in [6.45, 7) is 3.03. The van der Waals surface area contributed by atoms with Crippen LogP contribution in [0.2, 0.25) is 0 Å². The number of aromatic amines is 1. The van der Waals surface area contributed by atoms with E-state index in [1.54, 1.807) is 12.1 Å². The van der Waals surface area contributed by atoms with E-state index in [2.05, 4.69) is 58.9 Å². The highest BCUT2D eigenvalue weighted by atomic mass is 32.2. The lowest BCUT2D eigenvalue weighted by atomic mass is 9.97. The summed E-state index contributed by atoms with van der Waals surface area (Å²) in [6, 6.07) is 4.84. The van der Waals surface area contributed by atoms with E-state index in [1.165, 1.54) is 44.9 Å². The number of aryl methyl sites for hydroxylation is 1. The molecule has 1 aromatic heterocycles. The van der Waals surface area contributed by atoms with Crippen LogP contribution in [-0.2, 0) is 78.5 Å². The zero-order valence-corrected chi connectivity index (χ0v) is 54.6. The Balaban J connectivity index is 1.44. The van der Waals surface area contributed by atoms with Crippen molar-refractivity contribution in [3.8, 4) is 0 Å². The number of carbonyl (C=O) groups excluding carboxylic acids is 8. The number of anilines is 1. The highest BCUT2D eigenvalue weighted by molar-refractivity contribution is 7.90. The van der Waals surface area contributed by atoms with Crippen molar-refractivity contribution >= 4 is 74.7 Å². The van der Waals surface area contributed by atoms with E-state index in [-0.39, 0.29) is 122 Å². The second-order valence-corrected chi connectivity index (χ2v) is 24.5. The fraction of sp³-hybridized carbons (Fsp3) is 0.726. The van der Waals surface area contributed by atoms with Crippen LogP contribution >= 0.6 is 0 Å². The van der Waals surface area contributed by atoms with Gasteiger partial charge in [0.2, 0.25) is 39.6 Å². The predicted molar refractivity (Wildman–Crippen MR) is 340 cm³/mol. The van der Waals surface area contributed by atoms with Gasteiger partial charge in [-0.2, -0.15) is 5.21 Å². The molecule has 1 aromatic carbocycles. The zero-order chi connectivity index (χ0) is 67.5. The normalized spacial score (nSPS) is 12.3. The Hall–Kier alpha value is -7.02. The highest BCUT2D eigenvalue weighted by Gasteiger charge is 2.26. The van der Waals surface area contributed by atoms with E-state index in [0.29, 0.717) is 37.8 Å². The van der Waals surface area contributed by atoms with Crippen LogP contribution in [0.5, 0.6) is 0 Å². The van der Waals surface area contributed by atoms with Gasteiger partial charge < -0.3 is 61.5 Å². The van der Waals surface area contributed by atoms with Crippen molar-refractivity contribution < 1.29 is 85.5 Å². The number of benzene rings is 1. The Labute approximate surface area is 540 Å². The number of Topliss-reactive ketones (excluding diaryl/α,β-unsaturated/α-hetero) is 2. The molecule has 30 heteroatoms. The Bertz CT molecular complexity index is 2560. The number of nitrogens with one attached hydrogen (secondary N) is 7. The van der Waals surface area contributed by atoms with Gasteiger partial charge in [0.15, 0.2) is 11.6 Å². The lowest BCUT2D eigenvalue weighted by Gasteiger charge is -2.16. The van der Waals surface area contributed by atoms with E-state index in [4.69, 9.17) is 24.7 Å². The molecule has 0 spiro atoms. The summed E-state index contributed by atoms with van der Waals surface area (Å²) >= 11 is 0. The SMILES string of the molecule is CCCCNc1ccc(C(=O)NCCCC[C@H](NC(=O)COCCOCCCC(=O)CC[C@H](NC(=O)CC[C@H](CC(=O)COCCOCCNC(=O)CCCS(=O)(=O)NC(=O)CCCCCCCCCCCCCCCc2nn[nH]n2)C(=O)O)C(=O)O)C(N)=O)cc1. The van der Waals surface area contributed by atoms with Crippen LogP contribution in [-0.4, -0.2) is 189 Å². The van der Waals surface area contributed by atoms with Gasteiger partial charge in [-0.25, -0.2) is 13.2 Å². The molecule has 0 radical (unpaired) electrons. The fourth-order valence-electron chi connectivity index (χ4n) is 9.37. The van der Waals surface area contributed by atoms with Crippen molar-refractivity contribution in [3.63, 3.8) is 0 Å². The molecule has 0 fully saturated rings. The molecule has 3 atom stereocenters. The lowest BCUT2D eigenvalue weighted by Crippen LogP contribution is -2.45. The maximum absolute atomic E-state index is 12.6. The maximum Gasteiger partial charge on any atom is 0.326 e. The van der Waals surface area contributed by atoms with Gasteiger partial charge in [0.25, 0.3) is 5.91 Å². The predicted octanol–water partition coefficient (Wildman–Crippen LogP) is 4.53. The minimum Gasteiger partial charge on any atom is -0.481 e. The number of nitrogens with two attached hydrogens (primary N) is 1. The first kappa shape index (κ1) is 81.1. The van der Waals surface area contributed by atoms with Gasteiger partial charge in [-0.1, -0.05) is 89.2 Å². The van der Waals surface area contributed by atoms with Crippen LogP contribution in [0.1, 0.15) is 203 Å². The second-order valence-electron chi connectivity index (χ2n) is 22.6. The molecule has 1 heterocycles. The molecule has 6 amide bonds. The van der Waals surface area contributed by atoms with Crippen LogP contribution in [0.15, 0.2) is 24.3 Å². The Morgan fingerprint density at radius 2 is 1.16 bits per heavy atom. The molecule has 0 bridgehead atoms. The van der Waals surface area contributed by atoms with Crippen LogP contribution < -0.4 is 37.0 Å². The number of primary amides is 1. The monoisotopic (exact) mass is 1320 g/mol. The van der Waals surface area contributed by atoms with Gasteiger partial charge in [0, 0.05) is 82.4 Å². The Morgan fingerprint density at radius 3 is 1.79 bits per heavy atom. The first-order valence-corrected chi connectivity index (χ1v) is 34.3. The first-order valence-electron chi connectivity index (χ1n) is 32.6. The molecule has 0 unspecified atom stereocenters. The number of aliphatic carboxylic acids is 2. The number of nitrogens with zero attached hydrogens (tertiary/aromatic N) is 3. The number of hydrogen-bond acceptors (Lipinski definition) is 20. The quantitative estimate of drug-likeness (QED) is 0.0406. The molecule has 29 nitrogen and oxygen atoms in total. The lowest BCUT2D eigenvalue weighted by molar-refractivity contribution is -0.145. The summed E-state index contributed by atoms with van der Waals surface area (Å²) in [5.41, 5.74) is 6.95. The standard InChI is InChI=1S/C62H103N11O18S/c1-2-3-34-64-49-29-26-47(27-30-49)60(81)66-35-18-17-22-52(59(63)80)67-58(79)46-91-42-39-88-37-19-21-50(74)31-32-53(62(84)85)68-56(77)33-28-48(61(82)83)44-51(75)45-90-41-40-89-38-36-65-55(76)25-20-43-92(86,87)71-57(78)24-16-14-12-10-8-6-4-5-7-9-11-13-15-23-54-69-72-73-70-54/h26-27,29-30,48,52-53,64H,2-25,28,31-46H2,1H3,(H2,63,80)(H,65,76)(H,66,81)(H,67,79)(H,68,77)(H,71,78)(H,82,83)(H,84,85)(H,69,70,72,73)/t48-,52+,53+/m1/s1. The summed E-state index contributed by atoms with van der Waals surface area (Å²) in [4.78, 5) is 123. The molecule has 11 N–H and O–H groups in total. The minimum atomic E-state index is -3.89. The zero-order valence-electron chi connectivity index (χ0n) is 53.8. The van der Waals surface area contributed by atoms with Gasteiger partial charge in [-0.05, 0) is 88.5 Å². The summed E-state index contributed by atoms with van der Waals surface area (Å²) < 4.78 is 48.3. The molecule has 520 valence electrons. The second kappa shape index (κ2) is 51.5. The van der Waals surface area contributed by atoms with E-state index < -0.39 is 94.7 Å². The van der Waals surface area contributed by atoms with Crippen LogP contribution in [0.4, 0.5) is 5.69 Å². The first-order chi connectivity index (χ1) is 44.3. The minimum absolute atomic E-state index is 0.00711. The number of carboxylic acid groups (broad SMARTS) is 2. The third-order valence-corrected chi connectivity index (χ3v) is 16.0. The van der Waals surface area contributed by atoms with Gasteiger partial charge in [0.05, 0.1) is 44.7 Å². The molecule has 2 aromatic rings. The largest absolute Gasteiger partial charge is 0.481 e. The molecule has 0 aliphatic rings. The summed E-state index contributed by atoms with van der Waals surface area (Å²) in [6.07, 6.45) is 17.4. The van der Waals surface area contributed by atoms with Crippen molar-refractivity contribution in [2.45, 2.75) is 205 Å². The molecular weight excluding hydrogens is 1220 g/mol. The molecule has 0 saturated carbocycles. The molecular formula is C62H103N11O18S. The number of H-pyrrole nitrogens is 1.